The maximum absolute atomic E-state index is 13.2. The van der Waals surface area contributed by atoms with E-state index in [1.807, 2.05) is 13.8 Å². The molecule has 1 amide bonds. The molecule has 2 rings (SSSR count). The normalized spacial score (nSPS) is 22.4. The molecule has 1 atom stereocenters. The van der Waals surface area contributed by atoms with Crippen molar-refractivity contribution in [3.63, 3.8) is 0 Å². The zero-order valence-electron chi connectivity index (χ0n) is 12.0. The second-order valence-corrected chi connectivity index (χ2v) is 5.24. The Labute approximate surface area is 118 Å². The Bertz CT molecular complexity index is 485. The van der Waals surface area contributed by atoms with Crippen molar-refractivity contribution in [1.29, 1.82) is 0 Å². The Morgan fingerprint density at radius 3 is 2.95 bits per heavy atom. The number of anilines is 1. The number of carbonyl (C=O) groups is 1. The van der Waals surface area contributed by atoms with Crippen LogP contribution in [0.1, 0.15) is 33.1 Å². The molecule has 0 aliphatic carbocycles. The summed E-state index contributed by atoms with van der Waals surface area (Å²) in [7, 11) is 0. The lowest BCUT2D eigenvalue weighted by Crippen LogP contribution is -2.54. The third-order valence-corrected chi connectivity index (χ3v) is 3.61. The molecule has 4 nitrogen and oxygen atoms in total. The number of hydrogen-bond donors (Lipinski definition) is 2. The summed E-state index contributed by atoms with van der Waals surface area (Å²) in [6, 6.07) is 4.13. The van der Waals surface area contributed by atoms with E-state index in [2.05, 4.69) is 10.6 Å². The maximum atomic E-state index is 13.2. The van der Waals surface area contributed by atoms with Gasteiger partial charge in [0.2, 0.25) is 5.91 Å². The van der Waals surface area contributed by atoms with Gasteiger partial charge in [0.05, 0.1) is 17.8 Å². The van der Waals surface area contributed by atoms with Crippen LogP contribution in [0.2, 0.25) is 0 Å². The predicted octanol–water partition coefficient (Wildman–Crippen LogP) is 2.70. The molecule has 0 spiro atoms. The average Bonchev–Trinajstić information content (AvgIpc) is 2.43. The van der Waals surface area contributed by atoms with E-state index in [-0.39, 0.29) is 11.7 Å². The number of ether oxygens (including phenoxy) is 1. The highest BCUT2D eigenvalue weighted by molar-refractivity contribution is 5.99. The molecular weight excluding hydrogens is 259 g/mol. The lowest BCUT2D eigenvalue weighted by Gasteiger charge is -2.33. The molecule has 20 heavy (non-hydrogen) atoms. The average molecular weight is 280 g/mol. The van der Waals surface area contributed by atoms with Gasteiger partial charge in [0.15, 0.2) is 0 Å². The van der Waals surface area contributed by atoms with Gasteiger partial charge in [0.25, 0.3) is 0 Å². The van der Waals surface area contributed by atoms with Gasteiger partial charge in [0.1, 0.15) is 11.6 Å². The van der Waals surface area contributed by atoms with Crippen LogP contribution in [0.3, 0.4) is 0 Å². The van der Waals surface area contributed by atoms with E-state index in [0.717, 1.165) is 25.8 Å². The van der Waals surface area contributed by atoms with Crippen molar-refractivity contribution < 1.29 is 13.9 Å². The molecule has 2 N–H and O–H groups in total. The van der Waals surface area contributed by atoms with E-state index in [4.69, 9.17) is 4.74 Å². The summed E-state index contributed by atoms with van der Waals surface area (Å²) in [5.41, 5.74) is -0.0670. The minimum absolute atomic E-state index is 0.107. The molecule has 1 unspecified atom stereocenters. The Kier molecular flexibility index (Phi) is 4.60. The van der Waals surface area contributed by atoms with Gasteiger partial charge < -0.3 is 15.4 Å². The second-order valence-electron chi connectivity index (χ2n) is 5.24. The fourth-order valence-corrected chi connectivity index (χ4v) is 2.38. The molecule has 0 saturated carbocycles. The summed E-state index contributed by atoms with van der Waals surface area (Å²) in [5.74, 6) is -0.126. The number of piperidine rings is 1. The van der Waals surface area contributed by atoms with Crippen molar-refractivity contribution in [2.24, 2.45) is 0 Å². The van der Waals surface area contributed by atoms with E-state index < -0.39 is 5.54 Å². The third-order valence-electron chi connectivity index (χ3n) is 3.61. The smallest absolute Gasteiger partial charge is 0.244 e. The Hall–Kier alpha value is -1.62. The minimum atomic E-state index is -0.573. The molecule has 1 aliphatic rings. The van der Waals surface area contributed by atoms with Gasteiger partial charge >= 0.3 is 0 Å². The van der Waals surface area contributed by atoms with Crippen LogP contribution in [0.25, 0.3) is 0 Å². The van der Waals surface area contributed by atoms with Gasteiger partial charge in [-0.1, -0.05) is 0 Å². The molecule has 1 aliphatic heterocycles. The molecule has 0 bridgehead atoms. The fourth-order valence-electron chi connectivity index (χ4n) is 2.38. The third kappa shape index (κ3) is 3.28. The molecule has 110 valence electrons. The lowest BCUT2D eigenvalue weighted by molar-refractivity contribution is -0.122. The molecule has 5 heteroatoms. The molecule has 0 radical (unpaired) electrons. The summed E-state index contributed by atoms with van der Waals surface area (Å²) in [6.07, 6.45) is 2.91. The Balaban J connectivity index is 2.14. The van der Waals surface area contributed by atoms with E-state index in [1.165, 1.54) is 18.2 Å². The van der Waals surface area contributed by atoms with E-state index in [1.54, 1.807) is 0 Å². The van der Waals surface area contributed by atoms with Crippen LogP contribution in [0.5, 0.6) is 5.75 Å². The number of halogens is 1. The number of carbonyl (C=O) groups excluding carboxylic acids is 1. The maximum Gasteiger partial charge on any atom is 0.244 e. The quantitative estimate of drug-likeness (QED) is 0.891. The van der Waals surface area contributed by atoms with Crippen LogP contribution in [0, 0.1) is 5.82 Å². The van der Waals surface area contributed by atoms with Gasteiger partial charge in [-0.2, -0.15) is 0 Å². The number of nitrogens with one attached hydrogen (secondary N) is 2. The van der Waals surface area contributed by atoms with Gasteiger partial charge in [0, 0.05) is 6.07 Å². The van der Waals surface area contributed by atoms with Crippen LogP contribution in [-0.2, 0) is 4.79 Å². The van der Waals surface area contributed by atoms with Crippen molar-refractivity contribution in [3.05, 3.63) is 24.0 Å². The highest BCUT2D eigenvalue weighted by Crippen LogP contribution is 2.28. The molecule has 0 aromatic heterocycles. The molecule has 1 fully saturated rings. The highest BCUT2D eigenvalue weighted by Gasteiger charge is 2.34. The Morgan fingerprint density at radius 1 is 1.50 bits per heavy atom. The number of amides is 1. The van der Waals surface area contributed by atoms with E-state index in [0.29, 0.717) is 18.0 Å². The summed E-state index contributed by atoms with van der Waals surface area (Å²) >= 11 is 0. The first-order valence-corrected chi connectivity index (χ1v) is 7.04. The molecule has 1 aromatic rings. The topological polar surface area (TPSA) is 50.4 Å². The van der Waals surface area contributed by atoms with Crippen LogP contribution in [-0.4, -0.2) is 24.6 Å². The summed E-state index contributed by atoms with van der Waals surface area (Å²) in [6.45, 7) is 4.97. The first-order valence-electron chi connectivity index (χ1n) is 7.04. The van der Waals surface area contributed by atoms with Crippen molar-refractivity contribution in [2.45, 2.75) is 38.6 Å². The van der Waals surface area contributed by atoms with E-state index >= 15 is 0 Å². The number of benzene rings is 1. The lowest BCUT2D eigenvalue weighted by atomic mass is 9.90. The van der Waals surface area contributed by atoms with Crippen LogP contribution in [0.4, 0.5) is 10.1 Å². The fraction of sp³-hybridized carbons (Fsp3) is 0.533. The molecule has 1 heterocycles. The van der Waals surface area contributed by atoms with Crippen LogP contribution >= 0.6 is 0 Å². The van der Waals surface area contributed by atoms with Crippen molar-refractivity contribution in [1.82, 2.24) is 5.32 Å². The summed E-state index contributed by atoms with van der Waals surface area (Å²) in [5, 5.41) is 6.09. The number of hydrogen-bond acceptors (Lipinski definition) is 3. The van der Waals surface area contributed by atoms with Gasteiger partial charge in [-0.25, -0.2) is 4.39 Å². The summed E-state index contributed by atoms with van der Waals surface area (Å²) in [4.78, 5) is 12.4. The minimum Gasteiger partial charge on any atom is -0.492 e. The SMILES string of the molecule is CCOc1cc(F)ccc1NC(=O)C1(C)CCCCN1. The standard InChI is InChI=1S/C15H21FN2O2/c1-3-20-13-10-11(16)6-7-12(13)18-14(19)15(2)8-4-5-9-17-15/h6-7,10,17H,3-5,8-9H2,1-2H3,(H,18,19). The van der Waals surface area contributed by atoms with Gasteiger partial charge in [-0.15, -0.1) is 0 Å². The highest BCUT2D eigenvalue weighted by atomic mass is 19.1. The molecule has 1 aromatic carbocycles. The Morgan fingerprint density at radius 2 is 2.30 bits per heavy atom. The largest absolute Gasteiger partial charge is 0.492 e. The number of rotatable bonds is 4. The first kappa shape index (κ1) is 14.8. The van der Waals surface area contributed by atoms with Crippen molar-refractivity contribution in [2.75, 3.05) is 18.5 Å². The van der Waals surface area contributed by atoms with E-state index in [9.17, 15) is 9.18 Å². The van der Waals surface area contributed by atoms with Gasteiger partial charge in [-0.3, -0.25) is 4.79 Å². The first-order chi connectivity index (χ1) is 9.55. The molecule has 1 saturated heterocycles. The van der Waals surface area contributed by atoms with Crippen molar-refractivity contribution >= 4 is 11.6 Å². The molecular formula is C15H21FN2O2. The zero-order valence-corrected chi connectivity index (χ0v) is 12.0. The predicted molar refractivity (Wildman–Crippen MR) is 76.5 cm³/mol. The zero-order chi connectivity index (χ0) is 14.6. The van der Waals surface area contributed by atoms with Crippen LogP contribution in [0.15, 0.2) is 18.2 Å². The monoisotopic (exact) mass is 280 g/mol. The van der Waals surface area contributed by atoms with Gasteiger partial charge in [-0.05, 0) is 51.8 Å². The van der Waals surface area contributed by atoms with Crippen LogP contribution < -0.4 is 15.4 Å². The van der Waals surface area contributed by atoms with Crippen molar-refractivity contribution in [3.8, 4) is 5.75 Å². The second kappa shape index (κ2) is 6.22. The summed E-state index contributed by atoms with van der Waals surface area (Å²) < 4.78 is 18.6.